The van der Waals surface area contributed by atoms with Gasteiger partial charge in [0.15, 0.2) is 23.0 Å². The third-order valence-electron chi connectivity index (χ3n) is 14.1. The highest BCUT2D eigenvalue weighted by Crippen LogP contribution is 2.69. The lowest BCUT2D eigenvalue weighted by molar-refractivity contribution is -0.0107. The lowest BCUT2D eigenvalue weighted by atomic mass is 9.46. The van der Waals surface area contributed by atoms with Crippen LogP contribution in [0.1, 0.15) is 88.2 Å². The van der Waals surface area contributed by atoms with Gasteiger partial charge in [-0.2, -0.15) is 0 Å². The molecular weight excluding hydrogens is 661 g/mol. The highest BCUT2D eigenvalue weighted by molar-refractivity contribution is 5.71. The summed E-state index contributed by atoms with van der Waals surface area (Å²) in [6, 6.07) is 18.6. The third-order valence-corrected chi connectivity index (χ3v) is 14.1. The Labute approximate surface area is 311 Å². The summed E-state index contributed by atoms with van der Waals surface area (Å²) in [6.45, 7) is 0. The molecular formula is C44H52N6O3. The lowest BCUT2D eigenvalue weighted by Gasteiger charge is -2.59. The number of nitrogens with two attached hydrogens (primary N) is 6. The highest BCUT2D eigenvalue weighted by atomic mass is 16.5. The molecule has 0 amide bonds. The summed E-state index contributed by atoms with van der Waals surface area (Å²) < 4.78 is 21.5. The van der Waals surface area contributed by atoms with Gasteiger partial charge < -0.3 is 48.6 Å². The van der Waals surface area contributed by atoms with E-state index in [-0.39, 0.29) is 10.8 Å². The van der Waals surface area contributed by atoms with Crippen LogP contribution in [-0.2, 0) is 10.8 Å². The third kappa shape index (κ3) is 5.48. The minimum atomic E-state index is -0.187. The maximum Gasteiger partial charge on any atom is 0.177 e. The Bertz CT molecular complexity index is 2060. The fraction of sp³-hybridized carbons (Fsp3) is 0.455. The summed E-state index contributed by atoms with van der Waals surface area (Å²) in [7, 11) is 0. The van der Waals surface area contributed by atoms with Crippen molar-refractivity contribution in [2.45, 2.75) is 87.9 Å². The van der Waals surface area contributed by atoms with Crippen LogP contribution < -0.4 is 48.6 Å². The molecule has 8 bridgehead atoms. The van der Waals surface area contributed by atoms with Crippen LogP contribution in [0.2, 0.25) is 0 Å². The smallest absolute Gasteiger partial charge is 0.177 e. The summed E-state index contributed by atoms with van der Waals surface area (Å²) in [5.74, 6) is 7.87. The van der Waals surface area contributed by atoms with Gasteiger partial charge in [0.05, 0.1) is 17.1 Å². The van der Waals surface area contributed by atoms with Crippen molar-refractivity contribution in [3.63, 3.8) is 0 Å². The van der Waals surface area contributed by atoms with Crippen molar-refractivity contribution in [3.8, 4) is 34.5 Å². The first-order valence-corrected chi connectivity index (χ1v) is 19.7. The zero-order chi connectivity index (χ0) is 36.2. The van der Waals surface area contributed by atoms with Gasteiger partial charge in [-0.25, -0.2) is 0 Å². The van der Waals surface area contributed by atoms with Crippen molar-refractivity contribution < 1.29 is 14.2 Å². The van der Waals surface area contributed by atoms with Crippen molar-refractivity contribution in [2.24, 2.45) is 35.5 Å². The summed E-state index contributed by atoms with van der Waals surface area (Å²) in [5, 5.41) is 0. The molecule has 8 aliphatic carbocycles. The van der Waals surface area contributed by atoms with Crippen LogP contribution in [0.15, 0.2) is 60.7 Å². The summed E-state index contributed by atoms with van der Waals surface area (Å²) in [6.07, 6.45) is 14.5. The number of anilines is 6. The molecule has 0 unspecified atom stereocenters. The molecule has 12 N–H and O–H groups in total. The van der Waals surface area contributed by atoms with Gasteiger partial charge in [0.25, 0.3) is 0 Å². The molecule has 4 aromatic rings. The van der Waals surface area contributed by atoms with E-state index < -0.39 is 0 Å². The van der Waals surface area contributed by atoms with Crippen molar-refractivity contribution >= 4 is 34.1 Å². The minimum Gasteiger partial charge on any atom is -0.454 e. The van der Waals surface area contributed by atoms with E-state index in [4.69, 9.17) is 48.6 Å². The second kappa shape index (κ2) is 11.8. The van der Waals surface area contributed by atoms with Crippen molar-refractivity contribution in [3.05, 3.63) is 71.8 Å². The van der Waals surface area contributed by atoms with E-state index in [9.17, 15) is 0 Å². The van der Waals surface area contributed by atoms with Crippen LogP contribution in [0, 0.1) is 35.5 Å². The normalized spacial score (nSPS) is 31.8. The van der Waals surface area contributed by atoms with Crippen molar-refractivity contribution in [1.29, 1.82) is 0 Å². The Morgan fingerprint density at radius 2 is 0.755 bits per heavy atom. The number of rotatable bonds is 8. The topological polar surface area (TPSA) is 184 Å². The number of nitrogen functional groups attached to an aromatic ring is 6. The lowest BCUT2D eigenvalue weighted by Crippen LogP contribution is -2.50. The van der Waals surface area contributed by atoms with Crippen LogP contribution >= 0.6 is 0 Å². The molecule has 9 heteroatoms. The molecule has 8 aliphatic rings. The molecule has 53 heavy (non-hydrogen) atoms. The van der Waals surface area contributed by atoms with Crippen LogP contribution in [0.25, 0.3) is 0 Å². The fourth-order valence-electron chi connectivity index (χ4n) is 13.0. The van der Waals surface area contributed by atoms with Crippen LogP contribution in [0.4, 0.5) is 34.1 Å². The molecule has 0 atom stereocenters. The molecule has 0 aromatic heterocycles. The molecule has 8 fully saturated rings. The van der Waals surface area contributed by atoms with Gasteiger partial charge in [0.1, 0.15) is 11.5 Å². The monoisotopic (exact) mass is 712 g/mol. The molecule has 9 nitrogen and oxygen atoms in total. The van der Waals surface area contributed by atoms with Crippen molar-refractivity contribution in [2.75, 3.05) is 34.4 Å². The first kappa shape index (κ1) is 32.7. The maximum absolute atomic E-state index is 7.37. The van der Waals surface area contributed by atoms with Gasteiger partial charge in [0, 0.05) is 33.6 Å². The molecule has 0 radical (unpaired) electrons. The van der Waals surface area contributed by atoms with Crippen LogP contribution in [-0.4, -0.2) is 0 Å². The van der Waals surface area contributed by atoms with E-state index in [0.717, 1.165) is 49.8 Å². The van der Waals surface area contributed by atoms with Gasteiger partial charge in [-0.05, 0) is 179 Å². The van der Waals surface area contributed by atoms with E-state index in [0.29, 0.717) is 98.4 Å². The Kier molecular flexibility index (Phi) is 7.28. The Morgan fingerprint density at radius 1 is 0.396 bits per heavy atom. The van der Waals surface area contributed by atoms with Gasteiger partial charge in [0.2, 0.25) is 0 Å². The van der Waals surface area contributed by atoms with E-state index >= 15 is 0 Å². The summed E-state index contributed by atoms with van der Waals surface area (Å²) in [4.78, 5) is 0. The maximum atomic E-state index is 7.37. The number of hydrogen-bond donors (Lipinski definition) is 6. The Balaban J connectivity index is 1.28. The van der Waals surface area contributed by atoms with Crippen LogP contribution in [0.5, 0.6) is 34.5 Å². The quantitative estimate of drug-likeness (QED) is 0.0969. The largest absolute Gasteiger partial charge is 0.454 e. The molecule has 4 aromatic carbocycles. The fourth-order valence-corrected chi connectivity index (χ4v) is 13.0. The van der Waals surface area contributed by atoms with E-state index in [1.165, 1.54) is 44.1 Å². The second-order valence-electron chi connectivity index (χ2n) is 18.0. The standard InChI is InChI=1S/C44H52N6O3/c45-29-1-4-36(33(48)13-29)51-39-16-32(43-17-23-7-24(18-43)9-25(8-23)19-43)41(52-37-5-2-30(46)14-34(37)49)40(42(39)53-38-6-3-31(47)15-35(38)50)44-20-26-10-27(21-44)12-28(11-26)22-44/h1-6,13-16,23-28H,7-12,17-22,45-50H2. The first-order chi connectivity index (χ1) is 25.5. The SMILES string of the molecule is Nc1ccc(Oc2cc(C34CC5CC(CC(C5)C3)C4)c(Oc3ccc(N)cc3N)c(C34CC5CC(CC(C5)C3)C4)c2Oc2ccc(N)cc2N)c(N)c1. The molecule has 0 saturated heterocycles. The molecule has 276 valence electrons. The Morgan fingerprint density at radius 3 is 1.15 bits per heavy atom. The van der Waals surface area contributed by atoms with Gasteiger partial charge >= 0.3 is 0 Å². The minimum absolute atomic E-state index is 0.0623. The second-order valence-corrected chi connectivity index (χ2v) is 18.0. The zero-order valence-corrected chi connectivity index (χ0v) is 30.4. The zero-order valence-electron chi connectivity index (χ0n) is 30.4. The predicted molar refractivity (Wildman–Crippen MR) is 212 cm³/mol. The summed E-state index contributed by atoms with van der Waals surface area (Å²) in [5.41, 5.74) is 43.8. The number of hydrogen-bond acceptors (Lipinski definition) is 9. The van der Waals surface area contributed by atoms with Gasteiger partial charge in [-0.1, -0.05) is 0 Å². The van der Waals surface area contributed by atoms with Gasteiger partial charge in [-0.3, -0.25) is 0 Å². The molecule has 12 rings (SSSR count). The summed E-state index contributed by atoms with van der Waals surface area (Å²) >= 11 is 0. The highest BCUT2D eigenvalue weighted by Gasteiger charge is 2.57. The van der Waals surface area contributed by atoms with E-state index in [2.05, 4.69) is 6.07 Å². The van der Waals surface area contributed by atoms with E-state index in [1.807, 2.05) is 36.4 Å². The predicted octanol–water partition coefficient (Wildman–Crippen LogP) is 9.49. The number of benzene rings is 4. The molecule has 0 aliphatic heterocycles. The first-order valence-electron chi connectivity index (χ1n) is 19.7. The average Bonchev–Trinajstić information content (AvgIpc) is 3.08. The number of ether oxygens (including phenoxy) is 3. The van der Waals surface area contributed by atoms with Crippen molar-refractivity contribution in [1.82, 2.24) is 0 Å². The Hall–Kier alpha value is -4.92. The molecule has 8 saturated carbocycles. The molecule has 0 heterocycles. The average molecular weight is 713 g/mol. The van der Waals surface area contributed by atoms with Gasteiger partial charge in [-0.15, -0.1) is 0 Å². The van der Waals surface area contributed by atoms with Crippen LogP contribution in [0.3, 0.4) is 0 Å². The van der Waals surface area contributed by atoms with E-state index in [1.54, 1.807) is 18.2 Å². The molecule has 0 spiro atoms.